The van der Waals surface area contributed by atoms with Crippen molar-refractivity contribution >= 4 is 22.8 Å². The molecular weight excluding hydrogens is 318 g/mol. The van der Waals surface area contributed by atoms with Crippen LogP contribution in [0.25, 0.3) is 22.4 Å². The second kappa shape index (κ2) is 6.20. The maximum atomic E-state index is 12.5. The minimum Gasteiger partial charge on any atom is -0.360 e. The molecule has 0 unspecified atom stereocenters. The quantitative estimate of drug-likeness (QED) is 0.620. The Morgan fingerprint density at radius 3 is 2.88 bits per heavy atom. The van der Waals surface area contributed by atoms with Gasteiger partial charge in [-0.15, -0.1) is 0 Å². The average molecular weight is 333 g/mol. The van der Waals surface area contributed by atoms with Crippen molar-refractivity contribution in [3.63, 3.8) is 0 Å². The average Bonchev–Trinajstić information content (AvgIpc) is 3.19. The Morgan fingerprint density at radius 1 is 1.24 bits per heavy atom. The van der Waals surface area contributed by atoms with Crippen LogP contribution in [0.15, 0.2) is 59.4 Å². The van der Waals surface area contributed by atoms with Crippen LogP contribution in [0.2, 0.25) is 0 Å². The third kappa shape index (κ3) is 2.99. The topological polar surface area (TPSA) is 85.8 Å². The van der Waals surface area contributed by atoms with E-state index in [1.807, 2.05) is 41.0 Å². The lowest BCUT2D eigenvalue weighted by atomic mass is 10.2. The molecule has 7 heteroatoms. The lowest BCUT2D eigenvalue weighted by Gasteiger charge is -2.08. The summed E-state index contributed by atoms with van der Waals surface area (Å²) in [4.78, 5) is 21.3. The number of nitrogens with zero attached hydrogens (tertiary/aromatic N) is 4. The van der Waals surface area contributed by atoms with Crippen LogP contribution in [-0.4, -0.2) is 25.6 Å². The molecule has 1 N–H and O–H groups in total. The summed E-state index contributed by atoms with van der Waals surface area (Å²) in [5, 5.41) is 6.52. The van der Waals surface area contributed by atoms with Crippen molar-refractivity contribution in [1.29, 1.82) is 0 Å². The van der Waals surface area contributed by atoms with Gasteiger partial charge in [0.05, 0.1) is 11.0 Å². The Morgan fingerprint density at radius 2 is 2.12 bits per heavy atom. The summed E-state index contributed by atoms with van der Waals surface area (Å²) in [6.07, 6.45) is 3.44. The molecule has 0 radical (unpaired) electrons. The van der Waals surface area contributed by atoms with Crippen LogP contribution in [-0.2, 0) is 11.3 Å². The molecule has 0 saturated heterocycles. The zero-order valence-corrected chi connectivity index (χ0v) is 13.5. The van der Waals surface area contributed by atoms with E-state index in [1.54, 1.807) is 25.4 Å². The highest BCUT2D eigenvalue weighted by Crippen LogP contribution is 2.24. The van der Waals surface area contributed by atoms with Gasteiger partial charge in [-0.25, -0.2) is 4.98 Å². The number of anilines is 1. The fourth-order valence-electron chi connectivity index (χ4n) is 2.70. The highest BCUT2D eigenvalue weighted by atomic mass is 16.5. The van der Waals surface area contributed by atoms with Gasteiger partial charge in [-0.2, -0.15) is 0 Å². The van der Waals surface area contributed by atoms with Gasteiger partial charge in [0, 0.05) is 24.0 Å². The second-order valence-electron chi connectivity index (χ2n) is 5.62. The number of hydrogen-bond donors (Lipinski definition) is 1. The highest BCUT2D eigenvalue weighted by Gasteiger charge is 2.16. The lowest BCUT2D eigenvalue weighted by Crippen LogP contribution is -2.19. The van der Waals surface area contributed by atoms with E-state index in [0.29, 0.717) is 17.4 Å². The number of pyridine rings is 1. The van der Waals surface area contributed by atoms with E-state index in [-0.39, 0.29) is 12.5 Å². The van der Waals surface area contributed by atoms with E-state index in [1.165, 1.54) is 0 Å². The van der Waals surface area contributed by atoms with Gasteiger partial charge in [0.1, 0.15) is 18.1 Å². The summed E-state index contributed by atoms with van der Waals surface area (Å²) in [6, 6.07) is 13.1. The van der Waals surface area contributed by atoms with Crippen LogP contribution in [0, 0.1) is 6.92 Å². The fourth-order valence-corrected chi connectivity index (χ4v) is 2.70. The summed E-state index contributed by atoms with van der Waals surface area (Å²) in [5.74, 6) is 1.52. The SMILES string of the molecule is Cc1cc(NC(=O)Cn2c(-c3cccnc3)nc3ccccc32)no1. The molecule has 0 saturated carbocycles. The zero-order chi connectivity index (χ0) is 17.2. The number of rotatable bonds is 4. The number of nitrogens with one attached hydrogen (secondary N) is 1. The molecule has 0 bridgehead atoms. The first-order valence-electron chi connectivity index (χ1n) is 7.79. The number of fused-ring (bicyclic) bond motifs is 1. The number of para-hydroxylation sites is 2. The molecule has 1 amide bonds. The molecule has 25 heavy (non-hydrogen) atoms. The molecule has 3 aromatic heterocycles. The van der Waals surface area contributed by atoms with Gasteiger partial charge in [0.25, 0.3) is 0 Å². The van der Waals surface area contributed by atoms with Gasteiger partial charge in [-0.3, -0.25) is 9.78 Å². The Kier molecular flexibility index (Phi) is 3.74. The van der Waals surface area contributed by atoms with Crippen LogP contribution < -0.4 is 5.32 Å². The van der Waals surface area contributed by atoms with Gasteiger partial charge in [0.2, 0.25) is 5.91 Å². The molecule has 124 valence electrons. The third-order valence-corrected chi connectivity index (χ3v) is 3.77. The first kappa shape index (κ1) is 15.1. The molecule has 4 rings (SSSR count). The number of aryl methyl sites for hydroxylation is 1. The van der Waals surface area contributed by atoms with E-state index in [4.69, 9.17) is 4.52 Å². The number of aromatic nitrogens is 4. The molecule has 0 aliphatic rings. The molecular formula is C18H15N5O2. The van der Waals surface area contributed by atoms with Crippen molar-refractivity contribution in [3.8, 4) is 11.4 Å². The van der Waals surface area contributed by atoms with Crippen molar-refractivity contribution in [2.24, 2.45) is 0 Å². The summed E-state index contributed by atoms with van der Waals surface area (Å²) >= 11 is 0. The van der Waals surface area contributed by atoms with Crippen LogP contribution in [0.1, 0.15) is 5.76 Å². The van der Waals surface area contributed by atoms with E-state index < -0.39 is 0 Å². The Bertz CT molecular complexity index is 1040. The summed E-state index contributed by atoms with van der Waals surface area (Å²) in [5.41, 5.74) is 2.56. The van der Waals surface area contributed by atoms with Gasteiger partial charge in [-0.1, -0.05) is 17.3 Å². The fraction of sp³-hybridized carbons (Fsp3) is 0.111. The van der Waals surface area contributed by atoms with Gasteiger partial charge >= 0.3 is 0 Å². The maximum Gasteiger partial charge on any atom is 0.245 e. The van der Waals surface area contributed by atoms with Crippen LogP contribution in [0.5, 0.6) is 0 Å². The van der Waals surface area contributed by atoms with E-state index in [2.05, 4.69) is 20.4 Å². The first-order valence-corrected chi connectivity index (χ1v) is 7.79. The summed E-state index contributed by atoms with van der Waals surface area (Å²) in [7, 11) is 0. The molecule has 0 spiro atoms. The molecule has 0 aliphatic carbocycles. The number of amides is 1. The molecule has 0 fully saturated rings. The van der Waals surface area contributed by atoms with Crippen molar-refractivity contribution in [1.82, 2.24) is 19.7 Å². The largest absolute Gasteiger partial charge is 0.360 e. The van der Waals surface area contributed by atoms with E-state index in [0.717, 1.165) is 16.6 Å². The molecule has 0 aliphatic heterocycles. The van der Waals surface area contributed by atoms with E-state index in [9.17, 15) is 4.79 Å². The van der Waals surface area contributed by atoms with Crippen LogP contribution >= 0.6 is 0 Å². The van der Waals surface area contributed by atoms with Gasteiger partial charge < -0.3 is 14.4 Å². The minimum atomic E-state index is -0.207. The standard InChI is InChI=1S/C18H15N5O2/c1-12-9-16(22-25-12)21-17(24)11-23-15-7-3-2-6-14(15)20-18(23)13-5-4-8-19-10-13/h2-10H,11H2,1H3,(H,21,22,24). The molecule has 7 nitrogen and oxygen atoms in total. The Balaban J connectivity index is 1.71. The normalized spacial score (nSPS) is 10.9. The predicted molar refractivity (Wildman–Crippen MR) is 92.8 cm³/mol. The summed E-state index contributed by atoms with van der Waals surface area (Å²) < 4.78 is 6.84. The zero-order valence-electron chi connectivity index (χ0n) is 13.5. The first-order chi connectivity index (χ1) is 12.2. The van der Waals surface area contributed by atoms with Crippen LogP contribution in [0.4, 0.5) is 5.82 Å². The third-order valence-electron chi connectivity index (χ3n) is 3.77. The van der Waals surface area contributed by atoms with Gasteiger partial charge in [0.15, 0.2) is 5.82 Å². The smallest absolute Gasteiger partial charge is 0.245 e. The predicted octanol–water partition coefficient (Wildman–Crippen LogP) is 3.03. The minimum absolute atomic E-state index is 0.108. The molecule has 4 aromatic rings. The Hall–Kier alpha value is -3.48. The number of carbonyl (C=O) groups is 1. The highest BCUT2D eigenvalue weighted by molar-refractivity contribution is 5.91. The molecule has 0 atom stereocenters. The number of carbonyl (C=O) groups excluding carboxylic acids is 1. The number of hydrogen-bond acceptors (Lipinski definition) is 5. The number of imidazole rings is 1. The van der Waals surface area contributed by atoms with Crippen molar-refractivity contribution in [3.05, 3.63) is 60.6 Å². The maximum absolute atomic E-state index is 12.5. The molecule has 3 heterocycles. The summed E-state index contributed by atoms with van der Waals surface area (Å²) in [6.45, 7) is 1.88. The molecule has 1 aromatic carbocycles. The van der Waals surface area contributed by atoms with Crippen LogP contribution in [0.3, 0.4) is 0 Å². The monoisotopic (exact) mass is 333 g/mol. The van der Waals surface area contributed by atoms with Crippen molar-refractivity contribution in [2.45, 2.75) is 13.5 Å². The van der Waals surface area contributed by atoms with Crippen molar-refractivity contribution in [2.75, 3.05) is 5.32 Å². The number of benzene rings is 1. The Labute approximate surface area is 143 Å². The second-order valence-corrected chi connectivity index (χ2v) is 5.62. The van der Waals surface area contributed by atoms with Crippen molar-refractivity contribution < 1.29 is 9.32 Å². The lowest BCUT2D eigenvalue weighted by molar-refractivity contribution is -0.116. The van der Waals surface area contributed by atoms with E-state index >= 15 is 0 Å². The van der Waals surface area contributed by atoms with Gasteiger partial charge in [-0.05, 0) is 31.2 Å².